The molecular weight excluding hydrogens is 464 g/mol. The molecule has 2 amide bonds. The average molecular weight is 505 g/mol. The highest BCUT2D eigenvalue weighted by Crippen LogP contribution is 2.20. The Bertz CT molecular complexity index is 844. The van der Waals surface area contributed by atoms with Crippen molar-refractivity contribution >= 4 is 24.4 Å². The van der Waals surface area contributed by atoms with Crippen LogP contribution in [0, 0.1) is 0 Å². The lowest BCUT2D eigenvalue weighted by Crippen LogP contribution is -2.47. The summed E-state index contributed by atoms with van der Waals surface area (Å²) in [5, 5.41) is 5.85. The first kappa shape index (κ1) is 29.4. The summed E-state index contributed by atoms with van der Waals surface area (Å²) in [5.74, 6) is -0.335. The fourth-order valence-corrected chi connectivity index (χ4v) is 4.05. The SMILES string of the molecule is CNC(=O)C(CCC=O)N(C)C(=O)c1ccc(OCCCCCOCCN2CCNCC2)cc1C=O. The number of carbonyl (C=O) groups excluding carboxylic acids is 4. The zero-order valence-electron chi connectivity index (χ0n) is 21.5. The van der Waals surface area contributed by atoms with Crippen LogP contribution in [0.25, 0.3) is 0 Å². The second-order valence-electron chi connectivity index (χ2n) is 8.77. The molecule has 1 atom stereocenters. The summed E-state index contributed by atoms with van der Waals surface area (Å²) >= 11 is 0. The van der Waals surface area contributed by atoms with E-state index in [-0.39, 0.29) is 29.9 Å². The van der Waals surface area contributed by atoms with Gasteiger partial charge in [-0.25, -0.2) is 0 Å². The van der Waals surface area contributed by atoms with Crippen LogP contribution in [0.5, 0.6) is 5.75 Å². The molecule has 1 aliphatic rings. The number of hydrogen-bond donors (Lipinski definition) is 2. The molecule has 0 aliphatic carbocycles. The van der Waals surface area contributed by atoms with E-state index in [0.29, 0.717) is 24.9 Å². The highest BCUT2D eigenvalue weighted by Gasteiger charge is 2.27. The van der Waals surface area contributed by atoms with E-state index in [2.05, 4.69) is 15.5 Å². The van der Waals surface area contributed by atoms with Gasteiger partial charge >= 0.3 is 0 Å². The number of hydrogen-bond acceptors (Lipinski definition) is 8. The summed E-state index contributed by atoms with van der Waals surface area (Å²) in [4.78, 5) is 51.3. The molecule has 1 heterocycles. The van der Waals surface area contributed by atoms with Crippen LogP contribution in [-0.4, -0.2) is 107 Å². The monoisotopic (exact) mass is 504 g/mol. The Morgan fingerprint density at radius 2 is 1.89 bits per heavy atom. The number of aldehydes is 2. The summed E-state index contributed by atoms with van der Waals surface area (Å²) in [5.41, 5.74) is 0.367. The minimum absolute atomic E-state index is 0.145. The van der Waals surface area contributed by atoms with E-state index in [0.717, 1.165) is 65.2 Å². The Labute approximate surface area is 213 Å². The van der Waals surface area contributed by atoms with Gasteiger partial charge in [0, 0.05) is 65.4 Å². The van der Waals surface area contributed by atoms with Crippen LogP contribution in [0.2, 0.25) is 0 Å². The van der Waals surface area contributed by atoms with Crippen LogP contribution in [0.15, 0.2) is 18.2 Å². The van der Waals surface area contributed by atoms with Crippen molar-refractivity contribution in [2.24, 2.45) is 0 Å². The molecule has 1 unspecified atom stereocenters. The van der Waals surface area contributed by atoms with E-state index in [1.807, 2.05) is 0 Å². The normalized spacial score (nSPS) is 14.6. The summed E-state index contributed by atoms with van der Waals surface area (Å²) in [6.07, 6.45) is 4.43. The number of ether oxygens (including phenoxy) is 2. The Kier molecular flexibility index (Phi) is 13.7. The molecule has 200 valence electrons. The molecule has 0 bridgehead atoms. The van der Waals surface area contributed by atoms with Gasteiger partial charge in [-0.1, -0.05) is 0 Å². The second-order valence-corrected chi connectivity index (χ2v) is 8.77. The highest BCUT2D eigenvalue weighted by molar-refractivity contribution is 6.03. The first-order chi connectivity index (χ1) is 17.5. The fourth-order valence-electron chi connectivity index (χ4n) is 4.05. The third kappa shape index (κ3) is 9.67. The molecule has 0 saturated carbocycles. The van der Waals surface area contributed by atoms with Crippen LogP contribution in [0.4, 0.5) is 0 Å². The predicted molar refractivity (Wildman–Crippen MR) is 137 cm³/mol. The van der Waals surface area contributed by atoms with Crippen molar-refractivity contribution in [2.45, 2.75) is 38.1 Å². The largest absolute Gasteiger partial charge is 0.494 e. The number of piperazine rings is 1. The minimum atomic E-state index is -0.811. The first-order valence-electron chi connectivity index (χ1n) is 12.7. The highest BCUT2D eigenvalue weighted by atomic mass is 16.5. The van der Waals surface area contributed by atoms with Gasteiger partial charge in [0.25, 0.3) is 5.91 Å². The van der Waals surface area contributed by atoms with Crippen molar-refractivity contribution in [1.29, 1.82) is 0 Å². The third-order valence-electron chi connectivity index (χ3n) is 6.24. The van der Waals surface area contributed by atoms with E-state index >= 15 is 0 Å². The van der Waals surface area contributed by atoms with E-state index in [1.165, 1.54) is 31.1 Å². The molecule has 36 heavy (non-hydrogen) atoms. The maximum absolute atomic E-state index is 13.0. The molecule has 0 aromatic heterocycles. The molecule has 1 aliphatic heterocycles. The Hall–Kier alpha value is -2.82. The number of unbranched alkanes of at least 4 members (excludes halogenated alkanes) is 2. The molecule has 0 radical (unpaired) electrons. The Morgan fingerprint density at radius 3 is 2.58 bits per heavy atom. The average Bonchev–Trinajstić information content (AvgIpc) is 2.91. The van der Waals surface area contributed by atoms with Crippen molar-refractivity contribution in [3.63, 3.8) is 0 Å². The number of benzene rings is 1. The summed E-state index contributed by atoms with van der Waals surface area (Å²) in [6.45, 7) is 7.21. The molecule has 1 aromatic carbocycles. The van der Waals surface area contributed by atoms with Crippen molar-refractivity contribution in [1.82, 2.24) is 20.4 Å². The standard InChI is InChI=1S/C26H40N4O6/c1-27-25(33)24(7-6-15-31)29(2)26(34)23-9-8-22(19-21(23)20-32)36-17-5-3-4-16-35-18-14-30-12-10-28-11-13-30/h8-9,15,19-20,24,28H,3-7,10-14,16-18H2,1-2H3,(H,27,33). The Morgan fingerprint density at radius 1 is 1.14 bits per heavy atom. The number of carbonyl (C=O) groups is 4. The van der Waals surface area contributed by atoms with Gasteiger partial charge in [-0.2, -0.15) is 0 Å². The Balaban J connectivity index is 1.75. The van der Waals surface area contributed by atoms with Crippen molar-refractivity contribution < 1.29 is 28.7 Å². The van der Waals surface area contributed by atoms with E-state index in [9.17, 15) is 19.2 Å². The smallest absolute Gasteiger partial charge is 0.255 e. The number of amides is 2. The van der Waals surface area contributed by atoms with Crippen molar-refractivity contribution in [3.8, 4) is 5.75 Å². The minimum Gasteiger partial charge on any atom is -0.494 e. The maximum atomic E-state index is 13.0. The molecule has 0 spiro atoms. The predicted octanol–water partition coefficient (Wildman–Crippen LogP) is 1.14. The van der Waals surface area contributed by atoms with E-state index < -0.39 is 11.9 Å². The lowest BCUT2D eigenvalue weighted by molar-refractivity contribution is -0.125. The van der Waals surface area contributed by atoms with Gasteiger partial charge in [0.1, 0.15) is 18.1 Å². The molecule has 1 aromatic rings. The van der Waals surface area contributed by atoms with Crippen molar-refractivity contribution in [3.05, 3.63) is 29.3 Å². The van der Waals surface area contributed by atoms with Gasteiger partial charge in [-0.05, 0) is 43.9 Å². The lowest BCUT2D eigenvalue weighted by atomic mass is 10.0. The van der Waals surface area contributed by atoms with Crippen molar-refractivity contribution in [2.75, 3.05) is 66.6 Å². The van der Waals surface area contributed by atoms with Gasteiger partial charge < -0.3 is 29.8 Å². The van der Waals surface area contributed by atoms with Gasteiger partial charge in [0.05, 0.1) is 18.8 Å². The molecule has 2 rings (SSSR count). The third-order valence-corrected chi connectivity index (χ3v) is 6.24. The fraction of sp³-hybridized carbons (Fsp3) is 0.615. The van der Waals surface area contributed by atoms with E-state index in [1.54, 1.807) is 6.07 Å². The molecule has 10 nitrogen and oxygen atoms in total. The summed E-state index contributed by atoms with van der Waals surface area (Å²) in [6, 6.07) is 3.90. The quantitative estimate of drug-likeness (QED) is 0.240. The van der Waals surface area contributed by atoms with Gasteiger partial charge in [-0.3, -0.25) is 19.3 Å². The molecular formula is C26H40N4O6. The van der Waals surface area contributed by atoms with Crippen LogP contribution in [-0.2, 0) is 14.3 Å². The first-order valence-corrected chi connectivity index (χ1v) is 12.7. The molecule has 2 N–H and O–H groups in total. The van der Waals surface area contributed by atoms with E-state index in [4.69, 9.17) is 9.47 Å². The number of likely N-dealkylation sites (N-methyl/N-ethyl adjacent to an activating group) is 2. The number of rotatable bonds is 17. The maximum Gasteiger partial charge on any atom is 0.255 e. The number of nitrogens with one attached hydrogen (secondary N) is 2. The van der Waals surface area contributed by atoms with Crippen LogP contribution >= 0.6 is 0 Å². The summed E-state index contributed by atoms with van der Waals surface area (Å²) in [7, 11) is 2.96. The molecule has 10 heteroatoms. The molecule has 1 fully saturated rings. The van der Waals surface area contributed by atoms with Crippen LogP contribution in [0.1, 0.15) is 52.8 Å². The van der Waals surface area contributed by atoms with Crippen LogP contribution in [0.3, 0.4) is 0 Å². The zero-order chi connectivity index (χ0) is 26.2. The van der Waals surface area contributed by atoms with Gasteiger partial charge in [-0.15, -0.1) is 0 Å². The number of nitrogens with zero attached hydrogens (tertiary/aromatic N) is 2. The summed E-state index contributed by atoms with van der Waals surface area (Å²) < 4.78 is 11.5. The van der Waals surface area contributed by atoms with Crippen LogP contribution < -0.4 is 15.4 Å². The molecule has 1 saturated heterocycles. The zero-order valence-corrected chi connectivity index (χ0v) is 21.5. The lowest BCUT2D eigenvalue weighted by Gasteiger charge is -2.27. The van der Waals surface area contributed by atoms with Gasteiger partial charge in [0.15, 0.2) is 6.29 Å². The topological polar surface area (TPSA) is 117 Å². The van der Waals surface area contributed by atoms with Gasteiger partial charge in [0.2, 0.25) is 5.91 Å². The second kappa shape index (κ2) is 16.8.